The predicted octanol–water partition coefficient (Wildman–Crippen LogP) is 0.683. The first-order chi connectivity index (χ1) is 11.5. The van der Waals surface area contributed by atoms with Crippen molar-refractivity contribution in [2.75, 3.05) is 19.6 Å². The van der Waals surface area contributed by atoms with E-state index in [0.29, 0.717) is 44.5 Å². The fourth-order valence-corrected chi connectivity index (χ4v) is 3.14. The number of benzene rings is 1. The monoisotopic (exact) mass is 333 g/mol. The van der Waals surface area contributed by atoms with Crippen molar-refractivity contribution in [2.24, 2.45) is 5.92 Å². The number of carbonyl (C=O) groups is 3. The van der Waals surface area contributed by atoms with Gasteiger partial charge in [-0.25, -0.2) is 4.39 Å². The largest absolute Gasteiger partial charge is 0.354 e. The second-order valence-electron chi connectivity index (χ2n) is 6.21. The molecule has 0 bridgehead atoms. The molecule has 3 rings (SSSR count). The van der Waals surface area contributed by atoms with E-state index in [0.717, 1.165) is 0 Å². The Morgan fingerprint density at radius 3 is 2.38 bits per heavy atom. The number of hydrogen-bond acceptors (Lipinski definition) is 3. The van der Waals surface area contributed by atoms with Crippen molar-refractivity contribution in [2.45, 2.75) is 25.3 Å². The van der Waals surface area contributed by atoms with Crippen LogP contribution in [0.25, 0.3) is 0 Å². The van der Waals surface area contributed by atoms with Gasteiger partial charge in [-0.15, -0.1) is 0 Å². The van der Waals surface area contributed by atoms with Crippen LogP contribution in [-0.4, -0.2) is 48.3 Å². The summed E-state index contributed by atoms with van der Waals surface area (Å²) >= 11 is 0. The molecule has 1 aromatic rings. The highest BCUT2D eigenvalue weighted by molar-refractivity contribution is 5.94. The van der Waals surface area contributed by atoms with Gasteiger partial charge in [-0.2, -0.15) is 0 Å². The molecule has 1 aromatic carbocycles. The van der Waals surface area contributed by atoms with Gasteiger partial charge in [0.15, 0.2) is 0 Å². The van der Waals surface area contributed by atoms with E-state index in [2.05, 4.69) is 10.6 Å². The van der Waals surface area contributed by atoms with Gasteiger partial charge in [0.2, 0.25) is 11.8 Å². The molecule has 0 radical (unpaired) electrons. The van der Waals surface area contributed by atoms with E-state index in [1.165, 1.54) is 24.3 Å². The van der Waals surface area contributed by atoms with Gasteiger partial charge >= 0.3 is 0 Å². The Balaban J connectivity index is 1.51. The van der Waals surface area contributed by atoms with Crippen molar-refractivity contribution in [1.29, 1.82) is 0 Å². The van der Waals surface area contributed by atoms with Gasteiger partial charge in [0.05, 0.1) is 0 Å². The summed E-state index contributed by atoms with van der Waals surface area (Å²) in [5.41, 5.74) is 0.446. The number of likely N-dealkylation sites (tertiary alicyclic amines) is 1. The van der Waals surface area contributed by atoms with Gasteiger partial charge in [0, 0.05) is 31.1 Å². The zero-order valence-electron chi connectivity index (χ0n) is 13.3. The van der Waals surface area contributed by atoms with E-state index in [-0.39, 0.29) is 29.5 Å². The van der Waals surface area contributed by atoms with E-state index in [9.17, 15) is 18.8 Å². The van der Waals surface area contributed by atoms with Crippen LogP contribution in [0.3, 0.4) is 0 Å². The molecule has 3 amide bonds. The minimum Gasteiger partial charge on any atom is -0.354 e. The van der Waals surface area contributed by atoms with Crippen molar-refractivity contribution in [1.82, 2.24) is 15.5 Å². The maximum atomic E-state index is 12.9. The fourth-order valence-electron chi connectivity index (χ4n) is 3.14. The molecule has 2 saturated heterocycles. The molecule has 0 saturated carbocycles. The molecular weight excluding hydrogens is 313 g/mol. The van der Waals surface area contributed by atoms with Crippen LogP contribution in [0, 0.1) is 11.7 Å². The molecule has 128 valence electrons. The van der Waals surface area contributed by atoms with E-state index in [1.807, 2.05) is 0 Å². The highest BCUT2D eigenvalue weighted by atomic mass is 19.1. The Bertz CT molecular complexity index is 639. The van der Waals surface area contributed by atoms with Crippen molar-refractivity contribution < 1.29 is 18.8 Å². The van der Waals surface area contributed by atoms with Crippen molar-refractivity contribution in [3.8, 4) is 0 Å². The smallest absolute Gasteiger partial charge is 0.253 e. The molecule has 2 aliphatic rings. The summed E-state index contributed by atoms with van der Waals surface area (Å²) in [5, 5.41) is 5.47. The van der Waals surface area contributed by atoms with Crippen LogP contribution in [-0.2, 0) is 9.59 Å². The summed E-state index contributed by atoms with van der Waals surface area (Å²) in [5.74, 6) is -0.962. The molecule has 0 unspecified atom stereocenters. The number of rotatable bonds is 3. The van der Waals surface area contributed by atoms with Gasteiger partial charge in [-0.3, -0.25) is 14.4 Å². The molecule has 0 aliphatic carbocycles. The molecule has 0 spiro atoms. The van der Waals surface area contributed by atoms with Gasteiger partial charge in [0.25, 0.3) is 5.91 Å². The lowest BCUT2D eigenvalue weighted by Gasteiger charge is -2.31. The number of nitrogens with zero attached hydrogens (tertiary/aromatic N) is 1. The highest BCUT2D eigenvalue weighted by Gasteiger charge is 2.31. The predicted molar refractivity (Wildman–Crippen MR) is 84.6 cm³/mol. The summed E-state index contributed by atoms with van der Waals surface area (Å²) in [4.78, 5) is 37.8. The van der Waals surface area contributed by atoms with Crippen LogP contribution in [0.15, 0.2) is 24.3 Å². The maximum Gasteiger partial charge on any atom is 0.253 e. The molecule has 1 atom stereocenters. The Kier molecular flexibility index (Phi) is 4.78. The molecule has 2 N–H and O–H groups in total. The van der Waals surface area contributed by atoms with Gasteiger partial charge in [-0.1, -0.05) is 0 Å². The summed E-state index contributed by atoms with van der Waals surface area (Å²) in [7, 11) is 0. The summed E-state index contributed by atoms with van der Waals surface area (Å²) in [6, 6.07) is 5.03. The molecule has 7 heteroatoms. The third-order valence-electron chi connectivity index (χ3n) is 4.61. The number of halogens is 1. The molecule has 2 aliphatic heterocycles. The number of hydrogen-bond donors (Lipinski definition) is 2. The fraction of sp³-hybridized carbons (Fsp3) is 0.471. The standard InChI is InChI=1S/C17H20FN3O3/c18-13-3-1-12(2-4-13)17(24)21-9-6-11(7-10-21)15(22)20-14-5-8-19-16(14)23/h1-4,11,14H,5-10H2,(H,19,23)(H,20,22)/t14-/m0/s1. The van der Waals surface area contributed by atoms with E-state index < -0.39 is 6.04 Å². The van der Waals surface area contributed by atoms with Gasteiger partial charge in [-0.05, 0) is 43.5 Å². The normalized spacial score (nSPS) is 21.5. The Morgan fingerprint density at radius 1 is 1.12 bits per heavy atom. The first kappa shape index (κ1) is 16.4. The van der Waals surface area contributed by atoms with Crippen LogP contribution >= 0.6 is 0 Å². The van der Waals surface area contributed by atoms with Crippen molar-refractivity contribution in [3.63, 3.8) is 0 Å². The molecule has 0 aromatic heterocycles. The zero-order valence-corrected chi connectivity index (χ0v) is 13.3. The van der Waals surface area contributed by atoms with Gasteiger partial charge < -0.3 is 15.5 Å². The van der Waals surface area contributed by atoms with E-state index in [4.69, 9.17) is 0 Å². The maximum absolute atomic E-state index is 12.9. The van der Waals surface area contributed by atoms with Crippen LogP contribution in [0.4, 0.5) is 4.39 Å². The summed E-state index contributed by atoms with van der Waals surface area (Å²) in [6.45, 7) is 1.55. The Labute approximate surface area is 139 Å². The van der Waals surface area contributed by atoms with Crippen molar-refractivity contribution >= 4 is 17.7 Å². The minimum atomic E-state index is -0.434. The number of nitrogens with one attached hydrogen (secondary N) is 2. The van der Waals surface area contributed by atoms with E-state index in [1.54, 1.807) is 4.90 Å². The van der Waals surface area contributed by atoms with Crippen LogP contribution in [0.2, 0.25) is 0 Å². The highest BCUT2D eigenvalue weighted by Crippen LogP contribution is 2.20. The van der Waals surface area contributed by atoms with E-state index >= 15 is 0 Å². The molecule has 2 heterocycles. The molecule has 6 nitrogen and oxygen atoms in total. The van der Waals surface area contributed by atoms with Crippen molar-refractivity contribution in [3.05, 3.63) is 35.6 Å². The average Bonchev–Trinajstić information content (AvgIpc) is 3.00. The van der Waals surface area contributed by atoms with Crippen LogP contribution in [0.5, 0.6) is 0 Å². The third kappa shape index (κ3) is 3.55. The third-order valence-corrected chi connectivity index (χ3v) is 4.61. The number of piperidine rings is 1. The molecule has 24 heavy (non-hydrogen) atoms. The summed E-state index contributed by atoms with van der Waals surface area (Å²) in [6.07, 6.45) is 1.74. The lowest BCUT2D eigenvalue weighted by Crippen LogP contribution is -2.47. The topological polar surface area (TPSA) is 78.5 Å². The number of amides is 3. The molecule has 2 fully saturated rings. The minimum absolute atomic E-state index is 0.120. The SMILES string of the molecule is O=C(N[C@H]1CCNC1=O)C1CCN(C(=O)c2ccc(F)cc2)CC1. The van der Waals surface area contributed by atoms with Crippen LogP contribution in [0.1, 0.15) is 29.6 Å². The zero-order chi connectivity index (χ0) is 17.1. The summed E-state index contributed by atoms with van der Waals surface area (Å²) < 4.78 is 12.9. The molecular formula is C17H20FN3O3. The second kappa shape index (κ2) is 6.98. The number of carbonyl (C=O) groups excluding carboxylic acids is 3. The Hall–Kier alpha value is -2.44. The second-order valence-corrected chi connectivity index (χ2v) is 6.21. The quantitative estimate of drug-likeness (QED) is 0.854. The average molecular weight is 333 g/mol. The lowest BCUT2D eigenvalue weighted by molar-refractivity contribution is -0.130. The first-order valence-electron chi connectivity index (χ1n) is 8.17. The van der Waals surface area contributed by atoms with Gasteiger partial charge in [0.1, 0.15) is 11.9 Å². The van der Waals surface area contributed by atoms with Crippen LogP contribution < -0.4 is 10.6 Å². The first-order valence-corrected chi connectivity index (χ1v) is 8.17. The lowest BCUT2D eigenvalue weighted by atomic mass is 9.95. The Morgan fingerprint density at radius 2 is 1.79 bits per heavy atom.